The van der Waals surface area contributed by atoms with Crippen LogP contribution < -0.4 is 10.1 Å². The quantitative estimate of drug-likeness (QED) is 0.913. The number of fused-ring (bicyclic) bond motifs is 1. The maximum atomic E-state index is 11.1. The van der Waals surface area contributed by atoms with Crippen LogP contribution in [0.2, 0.25) is 0 Å². The molecule has 0 fully saturated rings. The van der Waals surface area contributed by atoms with Gasteiger partial charge in [-0.1, -0.05) is 30.3 Å². The van der Waals surface area contributed by atoms with Crippen LogP contribution in [0.1, 0.15) is 11.1 Å². The van der Waals surface area contributed by atoms with Gasteiger partial charge in [0.15, 0.2) is 18.2 Å². The molecular formula is C15H14N2O2. The maximum Gasteiger partial charge on any atom is 0.263 e. The van der Waals surface area contributed by atoms with Crippen LogP contribution in [0.5, 0.6) is 5.75 Å². The normalized spacial score (nSPS) is 13.4. The lowest BCUT2D eigenvalue weighted by Crippen LogP contribution is -2.26. The van der Waals surface area contributed by atoms with Crippen LogP contribution in [0.4, 0.5) is 5.82 Å². The molecule has 0 saturated carbocycles. The summed E-state index contributed by atoms with van der Waals surface area (Å²) < 4.78 is 5.35. The molecule has 0 spiro atoms. The average Bonchev–Trinajstić information content (AvgIpc) is 2.46. The zero-order valence-corrected chi connectivity index (χ0v) is 10.4. The molecule has 1 aromatic carbocycles. The molecule has 1 amide bonds. The average molecular weight is 254 g/mol. The van der Waals surface area contributed by atoms with Crippen LogP contribution in [0.15, 0.2) is 42.6 Å². The van der Waals surface area contributed by atoms with Crippen molar-refractivity contribution < 1.29 is 9.53 Å². The second kappa shape index (κ2) is 5.10. The highest BCUT2D eigenvalue weighted by molar-refractivity contribution is 5.94. The Labute approximate surface area is 111 Å². The second-order valence-electron chi connectivity index (χ2n) is 4.51. The first-order chi connectivity index (χ1) is 9.31. The molecule has 3 rings (SSSR count). The predicted octanol–water partition coefficient (Wildman–Crippen LogP) is 2.20. The number of hydrogen-bond acceptors (Lipinski definition) is 3. The summed E-state index contributed by atoms with van der Waals surface area (Å²) >= 11 is 0. The number of benzene rings is 1. The van der Waals surface area contributed by atoms with E-state index in [1.807, 2.05) is 24.3 Å². The molecule has 0 atom stereocenters. The molecule has 4 nitrogen and oxygen atoms in total. The summed E-state index contributed by atoms with van der Waals surface area (Å²) in [6.45, 7) is 0.0663. The van der Waals surface area contributed by atoms with Crippen molar-refractivity contribution in [2.45, 2.75) is 12.8 Å². The Balaban J connectivity index is 1.71. The third-order valence-electron chi connectivity index (χ3n) is 3.07. The van der Waals surface area contributed by atoms with Crippen molar-refractivity contribution >= 4 is 11.7 Å². The smallest absolute Gasteiger partial charge is 0.263 e. The van der Waals surface area contributed by atoms with Gasteiger partial charge in [-0.2, -0.15) is 0 Å². The molecule has 19 heavy (non-hydrogen) atoms. The van der Waals surface area contributed by atoms with E-state index in [4.69, 9.17) is 4.74 Å². The molecular weight excluding hydrogens is 240 g/mol. The number of aromatic nitrogens is 1. The predicted molar refractivity (Wildman–Crippen MR) is 72.2 cm³/mol. The first kappa shape index (κ1) is 11.7. The molecule has 1 aromatic heterocycles. The third-order valence-corrected chi connectivity index (χ3v) is 3.07. The van der Waals surface area contributed by atoms with E-state index >= 15 is 0 Å². The Morgan fingerprint density at radius 2 is 1.95 bits per heavy atom. The van der Waals surface area contributed by atoms with E-state index in [-0.39, 0.29) is 12.5 Å². The van der Waals surface area contributed by atoms with Crippen LogP contribution in [0.25, 0.3) is 0 Å². The minimum atomic E-state index is -0.156. The van der Waals surface area contributed by atoms with Gasteiger partial charge in [0.2, 0.25) is 0 Å². The molecule has 0 radical (unpaired) electrons. The Bertz CT molecular complexity index is 596. The summed E-state index contributed by atoms with van der Waals surface area (Å²) in [5.74, 6) is 1.02. The van der Waals surface area contributed by atoms with Crippen molar-refractivity contribution in [2.75, 3.05) is 11.9 Å². The van der Waals surface area contributed by atoms with Crippen molar-refractivity contribution in [2.24, 2.45) is 0 Å². The Morgan fingerprint density at radius 3 is 2.79 bits per heavy atom. The molecule has 4 heteroatoms. The Kier molecular flexibility index (Phi) is 3.14. The van der Waals surface area contributed by atoms with Crippen molar-refractivity contribution in [3.63, 3.8) is 0 Å². The van der Waals surface area contributed by atoms with Gasteiger partial charge in [-0.3, -0.25) is 4.79 Å². The first-order valence-electron chi connectivity index (χ1n) is 6.27. The van der Waals surface area contributed by atoms with Gasteiger partial charge in [0.1, 0.15) is 0 Å². The molecule has 96 valence electrons. The van der Waals surface area contributed by atoms with E-state index < -0.39 is 0 Å². The van der Waals surface area contributed by atoms with Gasteiger partial charge in [0, 0.05) is 6.20 Å². The number of ether oxygens (including phenoxy) is 1. The van der Waals surface area contributed by atoms with Gasteiger partial charge in [-0.15, -0.1) is 0 Å². The largest absolute Gasteiger partial charge is 0.480 e. The second-order valence-corrected chi connectivity index (χ2v) is 4.51. The minimum absolute atomic E-state index is 0.0663. The number of nitrogens with one attached hydrogen (secondary N) is 1. The number of carbonyl (C=O) groups is 1. The summed E-state index contributed by atoms with van der Waals surface area (Å²) in [5, 5.41) is 2.69. The number of amides is 1. The van der Waals surface area contributed by atoms with Gasteiger partial charge >= 0.3 is 0 Å². The van der Waals surface area contributed by atoms with E-state index in [1.165, 1.54) is 5.56 Å². The van der Waals surface area contributed by atoms with E-state index in [1.54, 1.807) is 6.20 Å². The highest BCUT2D eigenvalue weighted by Crippen LogP contribution is 2.26. The van der Waals surface area contributed by atoms with Crippen molar-refractivity contribution in [1.29, 1.82) is 0 Å². The minimum Gasteiger partial charge on any atom is -0.480 e. The SMILES string of the molecule is O=C1COc2cc(CCc3ccccc3)cnc2N1. The molecule has 1 N–H and O–H groups in total. The summed E-state index contributed by atoms with van der Waals surface area (Å²) in [6.07, 6.45) is 3.66. The Morgan fingerprint density at radius 1 is 1.16 bits per heavy atom. The molecule has 2 aromatic rings. The number of aryl methyl sites for hydroxylation is 2. The fourth-order valence-corrected chi connectivity index (χ4v) is 2.07. The fraction of sp³-hybridized carbons (Fsp3) is 0.200. The van der Waals surface area contributed by atoms with Gasteiger partial charge < -0.3 is 10.1 Å². The lowest BCUT2D eigenvalue weighted by molar-refractivity contribution is -0.118. The molecule has 1 aliphatic heterocycles. The number of hydrogen-bond donors (Lipinski definition) is 1. The number of carbonyl (C=O) groups excluding carboxylic acids is 1. The number of rotatable bonds is 3. The fourth-order valence-electron chi connectivity index (χ4n) is 2.07. The van der Waals surface area contributed by atoms with Crippen molar-refractivity contribution in [3.8, 4) is 5.75 Å². The lowest BCUT2D eigenvalue weighted by atomic mass is 10.1. The lowest BCUT2D eigenvalue weighted by Gasteiger charge is -2.17. The summed E-state index contributed by atoms with van der Waals surface area (Å²) in [7, 11) is 0. The van der Waals surface area contributed by atoms with Crippen molar-refractivity contribution in [1.82, 2.24) is 4.98 Å². The monoisotopic (exact) mass is 254 g/mol. The zero-order chi connectivity index (χ0) is 13.1. The van der Waals surface area contributed by atoms with Crippen LogP contribution in [-0.4, -0.2) is 17.5 Å². The molecule has 2 heterocycles. The van der Waals surface area contributed by atoms with E-state index in [9.17, 15) is 4.79 Å². The van der Waals surface area contributed by atoms with Gasteiger partial charge in [0.25, 0.3) is 5.91 Å². The number of pyridine rings is 1. The highest BCUT2D eigenvalue weighted by atomic mass is 16.5. The summed E-state index contributed by atoms with van der Waals surface area (Å²) in [4.78, 5) is 15.4. The van der Waals surface area contributed by atoms with Gasteiger partial charge in [-0.25, -0.2) is 4.98 Å². The van der Waals surface area contributed by atoms with Crippen LogP contribution in [0.3, 0.4) is 0 Å². The highest BCUT2D eigenvalue weighted by Gasteiger charge is 2.17. The van der Waals surface area contributed by atoms with Crippen LogP contribution >= 0.6 is 0 Å². The van der Waals surface area contributed by atoms with Gasteiger partial charge in [0.05, 0.1) is 0 Å². The molecule has 1 aliphatic rings. The maximum absolute atomic E-state index is 11.1. The van der Waals surface area contributed by atoms with Gasteiger partial charge in [-0.05, 0) is 30.0 Å². The number of anilines is 1. The Hall–Kier alpha value is -2.36. The van der Waals surface area contributed by atoms with Crippen LogP contribution in [-0.2, 0) is 17.6 Å². The topological polar surface area (TPSA) is 51.2 Å². The molecule has 0 saturated heterocycles. The van der Waals surface area contributed by atoms with E-state index in [0.29, 0.717) is 11.6 Å². The number of nitrogens with zero attached hydrogens (tertiary/aromatic N) is 1. The summed E-state index contributed by atoms with van der Waals surface area (Å²) in [5.41, 5.74) is 2.41. The van der Waals surface area contributed by atoms with E-state index in [0.717, 1.165) is 18.4 Å². The van der Waals surface area contributed by atoms with Crippen molar-refractivity contribution in [3.05, 3.63) is 53.7 Å². The molecule has 0 aliphatic carbocycles. The molecule has 0 unspecified atom stereocenters. The summed E-state index contributed by atoms with van der Waals surface area (Å²) in [6, 6.07) is 12.3. The third kappa shape index (κ3) is 2.73. The van der Waals surface area contributed by atoms with E-state index in [2.05, 4.69) is 22.4 Å². The zero-order valence-electron chi connectivity index (χ0n) is 10.4. The first-order valence-corrected chi connectivity index (χ1v) is 6.27. The standard InChI is InChI=1S/C15H14N2O2/c18-14-10-19-13-8-12(9-16-15(13)17-14)7-6-11-4-2-1-3-5-11/h1-5,8-9H,6-7,10H2,(H,16,17,18). The molecule has 0 bridgehead atoms. The van der Waals surface area contributed by atoms with Crippen LogP contribution in [0, 0.1) is 0 Å².